The van der Waals surface area contributed by atoms with Crippen LogP contribution in [-0.4, -0.2) is 32.3 Å². The molecule has 0 bridgehead atoms. The van der Waals surface area contributed by atoms with Crippen LogP contribution in [0.25, 0.3) is 11.0 Å². The van der Waals surface area contributed by atoms with Crippen LogP contribution in [0, 0.1) is 0 Å². The quantitative estimate of drug-likeness (QED) is 0.891. The number of fused-ring (bicyclic) bond motifs is 1. The van der Waals surface area contributed by atoms with Crippen molar-refractivity contribution in [2.45, 2.75) is 51.2 Å². The zero-order chi connectivity index (χ0) is 18.4. The number of hydrogen-bond donors (Lipinski definition) is 2. The van der Waals surface area contributed by atoms with E-state index in [9.17, 15) is 14.7 Å². The molecular formula is C18H23N3O4. The molecule has 1 aliphatic carbocycles. The standard InChI is InChI=1S/C18H23N3O4/c1-17(2,3)25-16(24)20-18(8-5-9-18)15-19-12-7-6-11(14(22)23)10-13(12)21(15)4/h6-7,10H,5,8-9H2,1-4H3,(H,20,24)(H,22,23). The van der Waals surface area contributed by atoms with Gasteiger partial charge in [0.2, 0.25) is 0 Å². The number of imidazole rings is 1. The third-order valence-electron chi connectivity index (χ3n) is 4.50. The van der Waals surface area contributed by atoms with Crippen molar-refractivity contribution < 1.29 is 19.4 Å². The molecule has 1 aromatic heterocycles. The van der Waals surface area contributed by atoms with Gasteiger partial charge in [0.05, 0.1) is 16.6 Å². The Morgan fingerprint density at radius 3 is 2.52 bits per heavy atom. The van der Waals surface area contributed by atoms with Crippen LogP contribution in [0.3, 0.4) is 0 Å². The highest BCUT2D eigenvalue weighted by atomic mass is 16.6. The number of alkyl carbamates (subject to hydrolysis) is 1. The molecule has 25 heavy (non-hydrogen) atoms. The van der Waals surface area contributed by atoms with Gasteiger partial charge in [0, 0.05) is 7.05 Å². The van der Waals surface area contributed by atoms with Gasteiger partial charge in [0.1, 0.15) is 17.0 Å². The number of benzene rings is 1. The van der Waals surface area contributed by atoms with Gasteiger partial charge in [0.15, 0.2) is 0 Å². The Balaban J connectivity index is 1.97. The Labute approximate surface area is 146 Å². The van der Waals surface area contributed by atoms with Gasteiger partial charge in [-0.3, -0.25) is 0 Å². The van der Waals surface area contributed by atoms with Crippen LogP contribution in [0.1, 0.15) is 56.2 Å². The van der Waals surface area contributed by atoms with Crippen LogP contribution in [0.2, 0.25) is 0 Å². The van der Waals surface area contributed by atoms with Crippen LogP contribution in [0.4, 0.5) is 4.79 Å². The second kappa shape index (κ2) is 5.75. The van der Waals surface area contributed by atoms with Crippen molar-refractivity contribution in [3.05, 3.63) is 29.6 Å². The molecule has 1 fully saturated rings. The Morgan fingerprint density at radius 2 is 2.00 bits per heavy atom. The number of hydrogen-bond acceptors (Lipinski definition) is 4. The highest BCUT2D eigenvalue weighted by Crippen LogP contribution is 2.41. The summed E-state index contributed by atoms with van der Waals surface area (Å²) in [5, 5.41) is 12.2. The monoisotopic (exact) mass is 345 g/mol. The molecule has 0 radical (unpaired) electrons. The first kappa shape index (κ1) is 17.3. The number of ether oxygens (including phenoxy) is 1. The maximum atomic E-state index is 12.3. The highest BCUT2D eigenvalue weighted by Gasteiger charge is 2.44. The van der Waals surface area contributed by atoms with Gasteiger partial charge >= 0.3 is 12.1 Å². The summed E-state index contributed by atoms with van der Waals surface area (Å²) in [6, 6.07) is 4.84. The Morgan fingerprint density at radius 1 is 1.32 bits per heavy atom. The summed E-state index contributed by atoms with van der Waals surface area (Å²) in [7, 11) is 1.84. The number of amides is 1. The first-order valence-electron chi connectivity index (χ1n) is 8.33. The maximum Gasteiger partial charge on any atom is 0.408 e. The minimum atomic E-state index is -0.977. The average molecular weight is 345 g/mol. The van der Waals surface area contributed by atoms with Gasteiger partial charge in [-0.2, -0.15) is 0 Å². The van der Waals surface area contributed by atoms with Crippen LogP contribution in [-0.2, 0) is 17.3 Å². The smallest absolute Gasteiger partial charge is 0.408 e. The van der Waals surface area contributed by atoms with E-state index in [1.807, 2.05) is 32.4 Å². The fraction of sp³-hybridized carbons (Fsp3) is 0.500. The first-order chi connectivity index (χ1) is 11.6. The molecule has 3 rings (SSSR count). The third-order valence-corrected chi connectivity index (χ3v) is 4.50. The Kier molecular flexibility index (Phi) is 3.97. The summed E-state index contributed by atoms with van der Waals surface area (Å²) in [4.78, 5) is 28.1. The molecule has 1 amide bonds. The van der Waals surface area contributed by atoms with Crippen LogP contribution < -0.4 is 5.32 Å². The molecule has 1 aliphatic rings. The van der Waals surface area contributed by atoms with Crippen molar-refractivity contribution in [2.24, 2.45) is 7.05 Å². The fourth-order valence-corrected chi connectivity index (χ4v) is 3.18. The number of nitrogens with one attached hydrogen (secondary N) is 1. The van der Waals surface area contributed by atoms with Gasteiger partial charge in [-0.25, -0.2) is 14.6 Å². The topological polar surface area (TPSA) is 93.5 Å². The van der Waals surface area contributed by atoms with Crippen molar-refractivity contribution in [3.8, 4) is 0 Å². The van der Waals surface area contributed by atoms with E-state index in [0.29, 0.717) is 5.52 Å². The van der Waals surface area contributed by atoms with E-state index in [4.69, 9.17) is 4.74 Å². The van der Waals surface area contributed by atoms with E-state index in [1.54, 1.807) is 12.1 Å². The number of carboxylic acids is 1. The normalized spacial score (nSPS) is 16.3. The molecule has 0 atom stereocenters. The summed E-state index contributed by atoms with van der Waals surface area (Å²) >= 11 is 0. The summed E-state index contributed by atoms with van der Waals surface area (Å²) in [6.45, 7) is 5.47. The third kappa shape index (κ3) is 3.18. The summed E-state index contributed by atoms with van der Waals surface area (Å²) < 4.78 is 7.25. The molecule has 2 aromatic rings. The minimum Gasteiger partial charge on any atom is -0.478 e. The van der Waals surface area contributed by atoms with Crippen LogP contribution >= 0.6 is 0 Å². The largest absolute Gasteiger partial charge is 0.478 e. The Bertz CT molecular complexity index is 844. The zero-order valence-corrected chi connectivity index (χ0v) is 14.9. The van der Waals surface area contributed by atoms with Gasteiger partial charge in [-0.15, -0.1) is 0 Å². The fourth-order valence-electron chi connectivity index (χ4n) is 3.18. The molecule has 7 heteroatoms. The number of carbonyl (C=O) groups is 2. The number of rotatable bonds is 3. The van der Waals surface area contributed by atoms with Gasteiger partial charge in [0.25, 0.3) is 0 Å². The van der Waals surface area contributed by atoms with E-state index in [0.717, 1.165) is 30.6 Å². The van der Waals surface area contributed by atoms with Crippen molar-refractivity contribution in [2.75, 3.05) is 0 Å². The van der Waals surface area contributed by atoms with E-state index in [1.165, 1.54) is 6.07 Å². The number of aromatic nitrogens is 2. The molecule has 1 aromatic carbocycles. The predicted molar refractivity (Wildman–Crippen MR) is 92.6 cm³/mol. The molecule has 134 valence electrons. The predicted octanol–water partition coefficient (Wildman–Crippen LogP) is 3.18. The lowest BCUT2D eigenvalue weighted by molar-refractivity contribution is 0.0361. The summed E-state index contributed by atoms with van der Waals surface area (Å²) in [5.41, 5.74) is 0.508. The lowest BCUT2D eigenvalue weighted by Gasteiger charge is -2.41. The zero-order valence-electron chi connectivity index (χ0n) is 14.9. The number of nitrogens with zero attached hydrogens (tertiary/aromatic N) is 2. The van der Waals surface area contributed by atoms with Crippen LogP contribution in [0.5, 0.6) is 0 Å². The molecular weight excluding hydrogens is 322 g/mol. The molecule has 0 spiro atoms. The van der Waals surface area contributed by atoms with E-state index in [2.05, 4.69) is 10.3 Å². The maximum absolute atomic E-state index is 12.3. The average Bonchev–Trinajstić information content (AvgIpc) is 2.78. The molecule has 0 saturated heterocycles. The van der Waals surface area contributed by atoms with Gasteiger partial charge in [-0.1, -0.05) is 0 Å². The first-order valence-corrected chi connectivity index (χ1v) is 8.33. The summed E-state index contributed by atoms with van der Waals surface area (Å²) in [5.74, 6) is -0.253. The molecule has 0 aliphatic heterocycles. The number of carbonyl (C=O) groups excluding carboxylic acids is 1. The minimum absolute atomic E-state index is 0.213. The number of aryl methyl sites for hydroxylation is 1. The van der Waals surface area contributed by atoms with E-state index >= 15 is 0 Å². The summed E-state index contributed by atoms with van der Waals surface area (Å²) in [6.07, 6.45) is 2.06. The van der Waals surface area contributed by atoms with Crippen molar-refractivity contribution >= 4 is 23.1 Å². The molecule has 0 unspecified atom stereocenters. The van der Waals surface area contributed by atoms with E-state index in [-0.39, 0.29) is 5.56 Å². The SMILES string of the molecule is Cn1c(C2(NC(=O)OC(C)(C)C)CCC2)nc2ccc(C(=O)O)cc21. The lowest BCUT2D eigenvalue weighted by Crippen LogP contribution is -2.53. The second-order valence-electron chi connectivity index (χ2n) is 7.57. The van der Waals surface area contributed by atoms with Crippen molar-refractivity contribution in [1.82, 2.24) is 14.9 Å². The molecule has 2 N–H and O–H groups in total. The Hall–Kier alpha value is -2.57. The lowest BCUT2D eigenvalue weighted by atomic mass is 9.76. The molecule has 1 heterocycles. The van der Waals surface area contributed by atoms with E-state index < -0.39 is 23.2 Å². The van der Waals surface area contributed by atoms with Gasteiger partial charge < -0.3 is 19.7 Å². The van der Waals surface area contributed by atoms with Crippen molar-refractivity contribution in [3.63, 3.8) is 0 Å². The number of carboxylic acid groups (broad SMARTS) is 1. The molecule has 7 nitrogen and oxygen atoms in total. The van der Waals surface area contributed by atoms with Crippen molar-refractivity contribution in [1.29, 1.82) is 0 Å². The number of aromatic carboxylic acids is 1. The van der Waals surface area contributed by atoms with Gasteiger partial charge in [-0.05, 0) is 58.2 Å². The second-order valence-corrected chi connectivity index (χ2v) is 7.57. The van der Waals surface area contributed by atoms with Crippen LogP contribution in [0.15, 0.2) is 18.2 Å². The highest BCUT2D eigenvalue weighted by molar-refractivity contribution is 5.92. The molecule has 1 saturated carbocycles.